The molecule has 1 aromatic heterocycles. The van der Waals surface area contributed by atoms with Crippen LogP contribution in [-0.2, 0) is 6.18 Å². The van der Waals surface area contributed by atoms with Gasteiger partial charge in [0.05, 0.1) is 12.7 Å². The van der Waals surface area contributed by atoms with Gasteiger partial charge in [-0.05, 0) is 17.7 Å². The first-order chi connectivity index (χ1) is 9.45. The third-order valence-corrected chi connectivity index (χ3v) is 2.63. The highest BCUT2D eigenvalue weighted by Gasteiger charge is 2.31. The van der Waals surface area contributed by atoms with Crippen LogP contribution in [0.2, 0.25) is 0 Å². The van der Waals surface area contributed by atoms with E-state index in [-0.39, 0.29) is 17.1 Å². The first kappa shape index (κ1) is 14.0. The Morgan fingerprint density at radius 2 is 1.85 bits per heavy atom. The van der Waals surface area contributed by atoms with Crippen LogP contribution in [0.1, 0.15) is 15.9 Å². The first-order valence-corrected chi connectivity index (χ1v) is 5.48. The molecule has 0 saturated carbocycles. The zero-order chi connectivity index (χ0) is 14.8. The number of carbonyl (C=O) groups is 1. The van der Waals surface area contributed by atoms with Crippen molar-refractivity contribution in [3.8, 4) is 17.1 Å². The fourth-order valence-corrected chi connectivity index (χ4v) is 1.65. The van der Waals surface area contributed by atoms with Crippen molar-refractivity contribution in [2.45, 2.75) is 6.18 Å². The number of hydrogen-bond acceptors (Lipinski definition) is 4. The molecule has 4 nitrogen and oxygen atoms in total. The Balaban J connectivity index is 2.54. The van der Waals surface area contributed by atoms with Crippen LogP contribution < -0.4 is 4.74 Å². The number of halogens is 3. The Hall–Kier alpha value is -2.44. The summed E-state index contributed by atoms with van der Waals surface area (Å²) in [6.45, 7) is 0. The van der Waals surface area contributed by atoms with Crippen LogP contribution in [0.5, 0.6) is 6.01 Å². The monoisotopic (exact) mass is 282 g/mol. The number of aldehydes is 1. The largest absolute Gasteiger partial charge is 0.467 e. The fourth-order valence-electron chi connectivity index (χ4n) is 1.65. The molecule has 0 unspecified atom stereocenters. The topological polar surface area (TPSA) is 52.1 Å². The maximum atomic E-state index is 12.7. The lowest BCUT2D eigenvalue weighted by atomic mass is 10.00. The quantitative estimate of drug-likeness (QED) is 0.812. The summed E-state index contributed by atoms with van der Waals surface area (Å²) in [6, 6.07) is 2.97. The van der Waals surface area contributed by atoms with E-state index in [1.807, 2.05) is 0 Å². The van der Waals surface area contributed by atoms with Crippen LogP contribution in [0.25, 0.3) is 11.1 Å². The Morgan fingerprint density at radius 3 is 2.35 bits per heavy atom. The molecule has 0 saturated heterocycles. The zero-order valence-corrected chi connectivity index (χ0v) is 10.3. The molecule has 0 atom stereocenters. The van der Waals surface area contributed by atoms with Crippen molar-refractivity contribution in [1.82, 2.24) is 9.97 Å². The second kappa shape index (κ2) is 5.28. The van der Waals surface area contributed by atoms with Gasteiger partial charge in [-0.3, -0.25) is 4.79 Å². The molecule has 0 aliphatic heterocycles. The number of ether oxygens (including phenoxy) is 1. The molecular weight excluding hydrogens is 273 g/mol. The van der Waals surface area contributed by atoms with E-state index in [2.05, 4.69) is 9.97 Å². The lowest BCUT2D eigenvalue weighted by molar-refractivity contribution is -0.137. The Morgan fingerprint density at radius 1 is 1.20 bits per heavy atom. The van der Waals surface area contributed by atoms with E-state index >= 15 is 0 Å². The van der Waals surface area contributed by atoms with Crippen LogP contribution >= 0.6 is 0 Å². The number of nitrogens with zero attached hydrogens (tertiary/aromatic N) is 2. The van der Waals surface area contributed by atoms with Crippen molar-refractivity contribution < 1.29 is 22.7 Å². The summed E-state index contributed by atoms with van der Waals surface area (Å²) in [5.41, 5.74) is -0.280. The molecule has 20 heavy (non-hydrogen) atoms. The first-order valence-electron chi connectivity index (χ1n) is 5.48. The fraction of sp³-hybridized carbons (Fsp3) is 0.154. The Labute approximate surface area is 112 Å². The summed E-state index contributed by atoms with van der Waals surface area (Å²) in [5, 5.41) is 0. The van der Waals surface area contributed by atoms with Gasteiger partial charge in [-0.15, -0.1) is 0 Å². The van der Waals surface area contributed by atoms with Gasteiger partial charge in [0.2, 0.25) is 0 Å². The highest BCUT2D eigenvalue weighted by atomic mass is 19.4. The van der Waals surface area contributed by atoms with E-state index in [1.165, 1.54) is 19.5 Å². The van der Waals surface area contributed by atoms with E-state index in [0.717, 1.165) is 18.2 Å². The molecule has 2 rings (SSSR count). The van der Waals surface area contributed by atoms with E-state index < -0.39 is 11.7 Å². The molecule has 0 bridgehead atoms. The number of aromatic nitrogens is 2. The van der Waals surface area contributed by atoms with Crippen LogP contribution in [0.4, 0.5) is 13.2 Å². The SMILES string of the molecule is COc1ncc(-c2cc(C(F)(F)F)ccc2C=O)cn1. The maximum Gasteiger partial charge on any atom is 0.416 e. The van der Waals surface area contributed by atoms with Crippen molar-refractivity contribution in [2.24, 2.45) is 0 Å². The average Bonchev–Trinajstić information content (AvgIpc) is 2.45. The van der Waals surface area contributed by atoms with Gasteiger partial charge < -0.3 is 4.74 Å². The molecule has 0 aliphatic carbocycles. The Bertz CT molecular complexity index is 625. The second-order valence-corrected chi connectivity index (χ2v) is 3.88. The van der Waals surface area contributed by atoms with Crippen molar-refractivity contribution in [3.05, 3.63) is 41.7 Å². The van der Waals surface area contributed by atoms with Crippen molar-refractivity contribution in [2.75, 3.05) is 7.11 Å². The molecule has 0 spiro atoms. The van der Waals surface area contributed by atoms with E-state index in [4.69, 9.17) is 4.74 Å². The lowest BCUT2D eigenvalue weighted by Crippen LogP contribution is -2.06. The normalized spacial score (nSPS) is 11.2. The van der Waals surface area contributed by atoms with Gasteiger partial charge in [-0.1, -0.05) is 6.07 Å². The average molecular weight is 282 g/mol. The molecule has 0 radical (unpaired) electrons. The molecule has 2 aromatic rings. The Kier molecular flexibility index (Phi) is 3.69. The second-order valence-electron chi connectivity index (χ2n) is 3.88. The van der Waals surface area contributed by atoms with Crippen molar-refractivity contribution >= 4 is 6.29 Å². The van der Waals surface area contributed by atoms with Gasteiger partial charge in [0.15, 0.2) is 6.29 Å². The predicted octanol–water partition coefficient (Wildman–Crippen LogP) is 2.98. The molecule has 0 aliphatic rings. The number of carbonyl (C=O) groups excluding carboxylic acids is 1. The highest BCUT2D eigenvalue weighted by Crippen LogP contribution is 2.33. The predicted molar refractivity (Wildman–Crippen MR) is 64.4 cm³/mol. The molecule has 0 N–H and O–H groups in total. The van der Waals surface area contributed by atoms with E-state index in [9.17, 15) is 18.0 Å². The molecule has 1 heterocycles. The van der Waals surface area contributed by atoms with Gasteiger partial charge in [-0.2, -0.15) is 13.2 Å². The van der Waals surface area contributed by atoms with Crippen LogP contribution in [0.3, 0.4) is 0 Å². The maximum absolute atomic E-state index is 12.7. The number of alkyl halides is 3. The van der Waals surface area contributed by atoms with Crippen molar-refractivity contribution in [3.63, 3.8) is 0 Å². The third kappa shape index (κ3) is 2.76. The molecule has 104 valence electrons. The molecule has 1 aromatic carbocycles. The minimum Gasteiger partial charge on any atom is -0.467 e. The highest BCUT2D eigenvalue weighted by molar-refractivity contribution is 5.87. The number of hydrogen-bond donors (Lipinski definition) is 0. The standard InChI is InChI=1S/C13H9F3N2O2/c1-20-12-17-5-9(6-18-12)11-4-10(13(14,15)16)3-2-8(11)7-19/h2-7H,1H3. The van der Waals surface area contributed by atoms with Gasteiger partial charge in [-0.25, -0.2) is 9.97 Å². The molecule has 0 amide bonds. The number of methoxy groups -OCH3 is 1. The minimum atomic E-state index is -4.48. The zero-order valence-electron chi connectivity index (χ0n) is 10.3. The summed E-state index contributed by atoms with van der Waals surface area (Å²) in [6.07, 6.45) is -1.40. The molecule has 7 heteroatoms. The minimum absolute atomic E-state index is 0.0911. The van der Waals surface area contributed by atoms with Gasteiger partial charge >= 0.3 is 12.2 Å². The van der Waals surface area contributed by atoms with Crippen LogP contribution in [0.15, 0.2) is 30.6 Å². The lowest BCUT2D eigenvalue weighted by Gasteiger charge is -2.10. The van der Waals surface area contributed by atoms with Gasteiger partial charge in [0.1, 0.15) is 0 Å². The summed E-state index contributed by atoms with van der Waals surface area (Å²) in [7, 11) is 1.37. The third-order valence-electron chi connectivity index (χ3n) is 2.63. The summed E-state index contributed by atoms with van der Waals surface area (Å²) in [5.74, 6) is 0. The number of rotatable bonds is 3. The molecule has 0 fully saturated rings. The molecular formula is C13H9F3N2O2. The smallest absolute Gasteiger partial charge is 0.416 e. The van der Waals surface area contributed by atoms with Crippen LogP contribution in [0, 0.1) is 0 Å². The van der Waals surface area contributed by atoms with Crippen molar-refractivity contribution in [1.29, 1.82) is 0 Å². The summed E-state index contributed by atoms with van der Waals surface area (Å²) in [4.78, 5) is 18.6. The van der Waals surface area contributed by atoms with E-state index in [1.54, 1.807) is 0 Å². The summed E-state index contributed by atoms with van der Waals surface area (Å²) < 4.78 is 42.9. The van der Waals surface area contributed by atoms with E-state index in [0.29, 0.717) is 11.8 Å². The van der Waals surface area contributed by atoms with Gasteiger partial charge in [0, 0.05) is 23.5 Å². The summed E-state index contributed by atoms with van der Waals surface area (Å²) >= 11 is 0. The number of benzene rings is 1. The van der Waals surface area contributed by atoms with Crippen LogP contribution in [-0.4, -0.2) is 23.4 Å². The van der Waals surface area contributed by atoms with Gasteiger partial charge in [0.25, 0.3) is 0 Å².